The first kappa shape index (κ1) is 13.7. The number of fused-ring (bicyclic) bond motifs is 1. The van der Waals surface area contributed by atoms with Crippen molar-refractivity contribution in [1.82, 2.24) is 5.32 Å². The number of hydrogen-bond donors (Lipinski definition) is 1. The predicted molar refractivity (Wildman–Crippen MR) is 81.0 cm³/mol. The van der Waals surface area contributed by atoms with Gasteiger partial charge >= 0.3 is 0 Å². The van der Waals surface area contributed by atoms with Crippen molar-refractivity contribution in [2.24, 2.45) is 0 Å². The minimum absolute atomic E-state index is 0.269. The lowest BCUT2D eigenvalue weighted by molar-refractivity contribution is 0.0992. The molecule has 0 bridgehead atoms. The molecule has 2 heterocycles. The number of hydrogen-bond acceptors (Lipinski definition) is 3. The number of para-hydroxylation sites is 1. The van der Waals surface area contributed by atoms with Gasteiger partial charge in [-0.2, -0.15) is 0 Å². The molecular formula is C17H23NO2. The van der Waals surface area contributed by atoms with Crippen LogP contribution in [0.25, 0.3) is 11.0 Å². The van der Waals surface area contributed by atoms with Crippen molar-refractivity contribution >= 4 is 11.0 Å². The number of furan rings is 1. The van der Waals surface area contributed by atoms with Crippen molar-refractivity contribution in [3.05, 3.63) is 35.6 Å². The van der Waals surface area contributed by atoms with Gasteiger partial charge in [-0.25, -0.2) is 0 Å². The van der Waals surface area contributed by atoms with Crippen LogP contribution in [-0.4, -0.2) is 19.8 Å². The summed E-state index contributed by atoms with van der Waals surface area (Å²) >= 11 is 0. The van der Waals surface area contributed by atoms with Gasteiger partial charge in [-0.1, -0.05) is 18.2 Å². The molecule has 1 aliphatic heterocycles. The molecular weight excluding hydrogens is 250 g/mol. The number of aryl methyl sites for hydroxylation is 1. The highest BCUT2D eigenvalue weighted by molar-refractivity contribution is 5.80. The Morgan fingerprint density at radius 1 is 1.40 bits per heavy atom. The molecule has 1 N–H and O–H groups in total. The molecule has 1 aliphatic rings. The van der Waals surface area contributed by atoms with E-state index in [1.54, 1.807) is 0 Å². The van der Waals surface area contributed by atoms with E-state index in [4.69, 9.17) is 9.15 Å². The molecule has 3 nitrogen and oxygen atoms in total. The zero-order chi connectivity index (χ0) is 13.9. The van der Waals surface area contributed by atoms with Crippen molar-refractivity contribution < 1.29 is 9.15 Å². The average Bonchev–Trinajstić information content (AvgIpc) is 3.09. The molecule has 3 heteroatoms. The van der Waals surface area contributed by atoms with Crippen LogP contribution < -0.4 is 5.32 Å². The van der Waals surface area contributed by atoms with Gasteiger partial charge in [0, 0.05) is 12.0 Å². The summed E-state index contributed by atoms with van der Waals surface area (Å²) in [6, 6.07) is 8.72. The van der Waals surface area contributed by atoms with Crippen LogP contribution in [-0.2, 0) is 4.74 Å². The first-order valence-corrected chi connectivity index (χ1v) is 7.56. The lowest BCUT2D eigenvalue weighted by Gasteiger charge is -2.16. The van der Waals surface area contributed by atoms with E-state index in [0.717, 1.165) is 30.8 Å². The van der Waals surface area contributed by atoms with E-state index < -0.39 is 0 Å². The van der Waals surface area contributed by atoms with Gasteiger partial charge in [-0.05, 0) is 51.3 Å². The van der Waals surface area contributed by atoms with E-state index in [0.29, 0.717) is 6.10 Å². The van der Waals surface area contributed by atoms with Gasteiger partial charge in [0.15, 0.2) is 0 Å². The van der Waals surface area contributed by atoms with Crippen LogP contribution in [0.2, 0.25) is 0 Å². The van der Waals surface area contributed by atoms with E-state index in [-0.39, 0.29) is 6.04 Å². The Balaban J connectivity index is 1.74. The van der Waals surface area contributed by atoms with Gasteiger partial charge < -0.3 is 14.5 Å². The molecule has 1 fully saturated rings. The summed E-state index contributed by atoms with van der Waals surface area (Å²) in [6.07, 6.45) is 5.01. The summed E-state index contributed by atoms with van der Waals surface area (Å²) < 4.78 is 11.8. The van der Waals surface area contributed by atoms with E-state index in [2.05, 4.69) is 36.5 Å². The standard InChI is InChI=1S/C17H23NO2/c1-12-5-3-6-13-11-16(20-17(12)13)15(18-2)9-8-14-7-4-10-19-14/h3,5-6,11,14-15,18H,4,7-10H2,1-2H3. The van der Waals surface area contributed by atoms with E-state index in [9.17, 15) is 0 Å². The number of ether oxygens (including phenoxy) is 1. The van der Waals surface area contributed by atoms with Crippen LogP contribution in [0.3, 0.4) is 0 Å². The smallest absolute Gasteiger partial charge is 0.137 e. The predicted octanol–water partition coefficient (Wildman–Crippen LogP) is 3.96. The Hall–Kier alpha value is -1.32. The molecule has 1 aromatic heterocycles. The van der Waals surface area contributed by atoms with Crippen LogP contribution >= 0.6 is 0 Å². The Morgan fingerprint density at radius 3 is 3.00 bits per heavy atom. The van der Waals surface area contributed by atoms with Gasteiger partial charge in [-0.3, -0.25) is 0 Å². The highest BCUT2D eigenvalue weighted by Crippen LogP contribution is 2.29. The molecule has 1 saturated heterocycles. The summed E-state index contributed by atoms with van der Waals surface area (Å²) in [6.45, 7) is 3.02. The molecule has 20 heavy (non-hydrogen) atoms. The summed E-state index contributed by atoms with van der Waals surface area (Å²) in [5.74, 6) is 1.04. The first-order valence-electron chi connectivity index (χ1n) is 7.56. The van der Waals surface area contributed by atoms with E-state index in [1.807, 2.05) is 7.05 Å². The molecule has 0 saturated carbocycles. The van der Waals surface area contributed by atoms with Crippen LogP contribution in [0.1, 0.15) is 43.0 Å². The minimum atomic E-state index is 0.269. The van der Waals surface area contributed by atoms with Crippen molar-refractivity contribution in [2.45, 2.75) is 44.8 Å². The third kappa shape index (κ3) is 2.74. The Labute approximate surface area is 120 Å². The molecule has 3 rings (SSSR count). The molecule has 108 valence electrons. The lowest BCUT2D eigenvalue weighted by atomic mass is 10.0. The molecule has 0 spiro atoms. The maximum atomic E-state index is 6.06. The van der Waals surface area contributed by atoms with Gasteiger partial charge in [-0.15, -0.1) is 0 Å². The van der Waals surface area contributed by atoms with Crippen molar-refractivity contribution in [3.63, 3.8) is 0 Å². The molecule has 0 amide bonds. The molecule has 1 aromatic carbocycles. The zero-order valence-electron chi connectivity index (χ0n) is 12.3. The molecule has 2 atom stereocenters. The summed E-state index contributed by atoms with van der Waals surface area (Å²) in [5, 5.41) is 4.57. The zero-order valence-corrected chi connectivity index (χ0v) is 12.3. The maximum absolute atomic E-state index is 6.06. The summed E-state index contributed by atoms with van der Waals surface area (Å²) in [4.78, 5) is 0. The van der Waals surface area contributed by atoms with Crippen molar-refractivity contribution in [1.29, 1.82) is 0 Å². The van der Waals surface area contributed by atoms with Gasteiger partial charge in [0.1, 0.15) is 11.3 Å². The fraction of sp³-hybridized carbons (Fsp3) is 0.529. The average molecular weight is 273 g/mol. The summed E-state index contributed by atoms with van der Waals surface area (Å²) in [7, 11) is 2.00. The van der Waals surface area contributed by atoms with Gasteiger partial charge in [0.2, 0.25) is 0 Å². The third-order valence-electron chi connectivity index (χ3n) is 4.25. The van der Waals surface area contributed by atoms with Crippen LogP contribution in [0, 0.1) is 6.92 Å². The molecule has 0 aliphatic carbocycles. The number of benzene rings is 1. The second kappa shape index (κ2) is 5.98. The van der Waals surface area contributed by atoms with Gasteiger partial charge in [0.25, 0.3) is 0 Å². The van der Waals surface area contributed by atoms with Gasteiger partial charge in [0.05, 0.1) is 12.1 Å². The third-order valence-corrected chi connectivity index (χ3v) is 4.25. The number of nitrogens with one attached hydrogen (secondary N) is 1. The SMILES string of the molecule is CNC(CCC1CCCO1)c1cc2cccc(C)c2o1. The number of rotatable bonds is 5. The fourth-order valence-corrected chi connectivity index (χ4v) is 3.05. The second-order valence-corrected chi connectivity index (χ2v) is 5.70. The largest absolute Gasteiger partial charge is 0.459 e. The Morgan fingerprint density at radius 2 is 2.30 bits per heavy atom. The molecule has 2 unspecified atom stereocenters. The Bertz CT molecular complexity index is 569. The Kier molecular flexibility index (Phi) is 4.08. The highest BCUT2D eigenvalue weighted by Gasteiger charge is 2.20. The van der Waals surface area contributed by atoms with E-state index in [1.165, 1.54) is 23.8 Å². The summed E-state index contributed by atoms with van der Waals surface area (Å²) in [5.41, 5.74) is 2.21. The normalized spacial score (nSPS) is 20.6. The van der Waals surface area contributed by atoms with Crippen molar-refractivity contribution in [3.8, 4) is 0 Å². The van der Waals surface area contributed by atoms with Crippen LogP contribution in [0.4, 0.5) is 0 Å². The maximum Gasteiger partial charge on any atom is 0.137 e. The second-order valence-electron chi connectivity index (χ2n) is 5.70. The topological polar surface area (TPSA) is 34.4 Å². The fourth-order valence-electron chi connectivity index (χ4n) is 3.05. The molecule has 0 radical (unpaired) electrons. The lowest BCUT2D eigenvalue weighted by Crippen LogP contribution is -2.18. The van der Waals surface area contributed by atoms with Crippen LogP contribution in [0.5, 0.6) is 0 Å². The quantitative estimate of drug-likeness (QED) is 0.895. The highest BCUT2D eigenvalue weighted by atomic mass is 16.5. The van der Waals surface area contributed by atoms with Crippen LogP contribution in [0.15, 0.2) is 28.7 Å². The van der Waals surface area contributed by atoms with E-state index >= 15 is 0 Å². The monoisotopic (exact) mass is 273 g/mol. The minimum Gasteiger partial charge on any atom is -0.459 e. The first-order chi connectivity index (χ1) is 9.78. The van der Waals surface area contributed by atoms with Crippen molar-refractivity contribution in [2.75, 3.05) is 13.7 Å². The molecule has 2 aromatic rings.